The predicted octanol–water partition coefficient (Wildman–Crippen LogP) is 1.43. The van der Waals surface area contributed by atoms with Gasteiger partial charge in [-0.3, -0.25) is 29.5 Å². The largest absolute Gasteiger partial charge is 0.366 e. The number of benzene rings is 1. The number of hydrogen-bond donors (Lipinski definition) is 2. The molecular formula is C25H23FN6O4. The van der Waals surface area contributed by atoms with Crippen LogP contribution in [0.5, 0.6) is 0 Å². The number of nitrogens with one attached hydrogen (secondary N) is 2. The highest BCUT2D eigenvalue weighted by Crippen LogP contribution is 2.33. The number of piperazine rings is 1. The second-order valence-electron chi connectivity index (χ2n) is 9.27. The number of halogens is 1. The minimum Gasteiger partial charge on any atom is -0.366 e. The van der Waals surface area contributed by atoms with Crippen molar-refractivity contribution in [1.82, 2.24) is 25.1 Å². The maximum absolute atomic E-state index is 15.1. The number of amides is 4. The molecule has 2 N–H and O–H groups in total. The van der Waals surface area contributed by atoms with Gasteiger partial charge in [0, 0.05) is 57.1 Å². The third-order valence-corrected chi connectivity index (χ3v) is 7.14. The number of fused-ring (bicyclic) bond motifs is 2. The molecule has 2 saturated heterocycles. The van der Waals surface area contributed by atoms with Gasteiger partial charge in [-0.2, -0.15) is 0 Å². The molecule has 6 rings (SSSR count). The minimum atomic E-state index is -0.747. The summed E-state index contributed by atoms with van der Waals surface area (Å²) in [4.78, 5) is 62.0. The Hall–Kier alpha value is -4.28. The smallest absolute Gasteiger partial charge is 0.255 e. The lowest BCUT2D eigenvalue weighted by Crippen LogP contribution is -2.52. The number of hydrogen-bond acceptors (Lipinski definition) is 6. The Labute approximate surface area is 205 Å². The molecule has 3 aliphatic heterocycles. The van der Waals surface area contributed by atoms with E-state index in [0.717, 1.165) is 11.0 Å². The Balaban J connectivity index is 1.15. The summed E-state index contributed by atoms with van der Waals surface area (Å²) in [6, 6.07) is 5.76. The number of pyridine rings is 1. The van der Waals surface area contributed by atoms with Gasteiger partial charge in [-0.05, 0) is 36.2 Å². The number of piperidine rings is 1. The summed E-state index contributed by atoms with van der Waals surface area (Å²) in [6.45, 7) is 1.88. The summed E-state index contributed by atoms with van der Waals surface area (Å²) in [6.07, 6.45) is 3.75. The number of aromatic amines is 1. The van der Waals surface area contributed by atoms with Crippen molar-refractivity contribution in [3.63, 3.8) is 0 Å². The van der Waals surface area contributed by atoms with E-state index in [1.807, 2.05) is 11.0 Å². The van der Waals surface area contributed by atoms with E-state index in [1.165, 1.54) is 11.0 Å². The maximum atomic E-state index is 15.1. The third-order valence-electron chi connectivity index (χ3n) is 7.14. The van der Waals surface area contributed by atoms with Crippen LogP contribution in [0.15, 0.2) is 36.7 Å². The van der Waals surface area contributed by atoms with Gasteiger partial charge in [0.25, 0.3) is 11.8 Å². The molecule has 184 valence electrons. The van der Waals surface area contributed by atoms with E-state index in [2.05, 4.69) is 15.3 Å². The average Bonchev–Trinajstić information content (AvgIpc) is 3.47. The molecule has 10 nitrogen and oxygen atoms in total. The van der Waals surface area contributed by atoms with E-state index < -0.39 is 23.7 Å². The molecule has 3 aliphatic rings. The number of carbonyl (C=O) groups is 4. The first-order valence-corrected chi connectivity index (χ1v) is 11.8. The summed E-state index contributed by atoms with van der Waals surface area (Å²) < 4.78 is 15.1. The minimum absolute atomic E-state index is 0.126. The van der Waals surface area contributed by atoms with Crippen LogP contribution in [-0.4, -0.2) is 75.6 Å². The van der Waals surface area contributed by atoms with Crippen LogP contribution in [0, 0.1) is 5.82 Å². The zero-order chi connectivity index (χ0) is 25.0. The molecule has 0 radical (unpaired) electrons. The van der Waals surface area contributed by atoms with Crippen molar-refractivity contribution in [2.24, 2.45) is 0 Å². The van der Waals surface area contributed by atoms with Gasteiger partial charge in [0.15, 0.2) is 0 Å². The van der Waals surface area contributed by atoms with Gasteiger partial charge in [0.05, 0.1) is 22.3 Å². The lowest BCUT2D eigenvalue weighted by atomic mass is 10.0. The molecule has 3 aromatic rings. The van der Waals surface area contributed by atoms with Gasteiger partial charge in [0.1, 0.15) is 11.9 Å². The molecule has 1 aromatic carbocycles. The fraction of sp³-hybridized carbons (Fsp3) is 0.320. The normalized spacial score (nSPS) is 20.2. The zero-order valence-electron chi connectivity index (χ0n) is 19.3. The molecule has 1 atom stereocenters. The molecule has 11 heteroatoms. The van der Waals surface area contributed by atoms with Crippen LogP contribution in [-0.2, 0) is 16.1 Å². The molecule has 0 aliphatic carbocycles. The Morgan fingerprint density at radius 2 is 1.89 bits per heavy atom. The lowest BCUT2D eigenvalue weighted by Gasteiger charge is -2.36. The fourth-order valence-corrected chi connectivity index (χ4v) is 5.20. The summed E-state index contributed by atoms with van der Waals surface area (Å²) in [5.41, 5.74) is 3.33. The van der Waals surface area contributed by atoms with Crippen molar-refractivity contribution in [2.75, 3.05) is 31.1 Å². The Kier molecular flexibility index (Phi) is 5.20. The number of rotatable bonds is 3. The Morgan fingerprint density at radius 1 is 1.08 bits per heavy atom. The van der Waals surface area contributed by atoms with Gasteiger partial charge in [-0.15, -0.1) is 0 Å². The van der Waals surface area contributed by atoms with Crippen LogP contribution < -0.4 is 10.2 Å². The number of anilines is 1. The maximum Gasteiger partial charge on any atom is 0.255 e. The molecule has 2 aromatic heterocycles. The lowest BCUT2D eigenvalue weighted by molar-refractivity contribution is -0.136. The molecule has 36 heavy (non-hydrogen) atoms. The SMILES string of the molecule is O=C1CCC(N2Cc3cc(N4CCN(C(=O)c5cnc6cc[nH]c6c5)CC4)c(F)cc3C2=O)C(=O)N1. The highest BCUT2D eigenvalue weighted by molar-refractivity contribution is 6.05. The second kappa shape index (κ2) is 8.43. The van der Waals surface area contributed by atoms with Crippen LogP contribution in [0.25, 0.3) is 11.0 Å². The molecule has 2 fully saturated rings. The van der Waals surface area contributed by atoms with Gasteiger partial charge in [-0.1, -0.05) is 0 Å². The highest BCUT2D eigenvalue weighted by atomic mass is 19.1. The van der Waals surface area contributed by atoms with E-state index in [1.54, 1.807) is 29.4 Å². The van der Waals surface area contributed by atoms with Crippen molar-refractivity contribution in [2.45, 2.75) is 25.4 Å². The van der Waals surface area contributed by atoms with Crippen molar-refractivity contribution >= 4 is 40.3 Å². The number of aromatic nitrogens is 2. The van der Waals surface area contributed by atoms with Crippen LogP contribution in [0.4, 0.5) is 10.1 Å². The first kappa shape index (κ1) is 22.2. The summed E-state index contributed by atoms with van der Waals surface area (Å²) in [5.74, 6) is -1.91. The second-order valence-corrected chi connectivity index (χ2v) is 9.27. The Morgan fingerprint density at radius 3 is 2.67 bits per heavy atom. The van der Waals surface area contributed by atoms with Crippen LogP contribution in [0.3, 0.4) is 0 Å². The molecule has 0 spiro atoms. The molecule has 4 amide bonds. The van der Waals surface area contributed by atoms with Gasteiger partial charge < -0.3 is 19.7 Å². The average molecular weight is 490 g/mol. The van der Waals surface area contributed by atoms with E-state index in [4.69, 9.17) is 0 Å². The third kappa shape index (κ3) is 3.67. The van der Waals surface area contributed by atoms with Gasteiger partial charge in [-0.25, -0.2) is 4.39 Å². The standard InChI is InChI=1S/C25H23FN6O4/c26-17-11-16-15(13-32(25(16)36)20-1-2-22(33)29-23(20)34)10-21(17)30-5-7-31(8-6-30)24(35)14-9-19-18(28-12-14)3-4-27-19/h3-4,9-12,20,27H,1-2,5-8,13H2,(H,29,33,34). The van der Waals surface area contributed by atoms with Crippen molar-refractivity contribution < 1.29 is 23.6 Å². The molecule has 1 unspecified atom stereocenters. The van der Waals surface area contributed by atoms with Crippen molar-refractivity contribution in [1.29, 1.82) is 0 Å². The van der Waals surface area contributed by atoms with E-state index >= 15 is 4.39 Å². The molecule has 5 heterocycles. The predicted molar refractivity (Wildman–Crippen MR) is 127 cm³/mol. The highest BCUT2D eigenvalue weighted by Gasteiger charge is 2.40. The van der Waals surface area contributed by atoms with Crippen LogP contribution in [0.1, 0.15) is 39.1 Å². The first-order valence-electron chi connectivity index (χ1n) is 11.8. The number of nitrogens with zero attached hydrogens (tertiary/aromatic N) is 4. The zero-order valence-corrected chi connectivity index (χ0v) is 19.3. The number of H-pyrrole nitrogens is 1. The quantitative estimate of drug-likeness (QED) is 0.536. The van der Waals surface area contributed by atoms with Crippen molar-refractivity contribution in [3.8, 4) is 0 Å². The van der Waals surface area contributed by atoms with Crippen LogP contribution in [0.2, 0.25) is 0 Å². The molecule has 0 bridgehead atoms. The summed E-state index contributed by atoms with van der Waals surface area (Å²) in [7, 11) is 0. The fourth-order valence-electron chi connectivity index (χ4n) is 5.20. The summed E-state index contributed by atoms with van der Waals surface area (Å²) in [5, 5.41) is 2.27. The van der Waals surface area contributed by atoms with Crippen LogP contribution >= 0.6 is 0 Å². The number of imide groups is 1. The van der Waals surface area contributed by atoms with E-state index in [9.17, 15) is 19.2 Å². The molecule has 0 saturated carbocycles. The van der Waals surface area contributed by atoms with Gasteiger partial charge >= 0.3 is 0 Å². The van der Waals surface area contributed by atoms with E-state index in [0.29, 0.717) is 43.0 Å². The first-order chi connectivity index (χ1) is 17.4. The van der Waals surface area contributed by atoms with Crippen molar-refractivity contribution in [3.05, 3.63) is 59.2 Å². The van der Waals surface area contributed by atoms with E-state index in [-0.39, 0.29) is 36.8 Å². The monoisotopic (exact) mass is 490 g/mol. The summed E-state index contributed by atoms with van der Waals surface area (Å²) >= 11 is 0. The van der Waals surface area contributed by atoms with Gasteiger partial charge in [0.2, 0.25) is 11.8 Å². The topological polar surface area (TPSA) is 119 Å². The Bertz CT molecular complexity index is 1430. The molecular weight excluding hydrogens is 467 g/mol. The number of carbonyl (C=O) groups excluding carboxylic acids is 4.